The Morgan fingerprint density at radius 3 is 2.58 bits per heavy atom. The van der Waals surface area contributed by atoms with Gasteiger partial charge in [-0.1, -0.05) is 6.07 Å². The van der Waals surface area contributed by atoms with Gasteiger partial charge in [0.1, 0.15) is 5.75 Å². The van der Waals surface area contributed by atoms with Gasteiger partial charge in [0.05, 0.1) is 0 Å². The Kier molecular flexibility index (Phi) is 3.80. The Morgan fingerprint density at radius 2 is 2.00 bits per heavy atom. The minimum absolute atomic E-state index is 0.0200. The standard InChI is InChI=1S/C15H22N2O2/c1-11-12(5-4-6-13(11)18)14(19)17-9-7-15(2,16-3)8-10-17/h4-6,16,18H,7-10H2,1-3H3. The van der Waals surface area contributed by atoms with Crippen LogP contribution in [-0.2, 0) is 0 Å². The fourth-order valence-electron chi connectivity index (χ4n) is 2.48. The summed E-state index contributed by atoms with van der Waals surface area (Å²) in [6, 6.07) is 5.11. The van der Waals surface area contributed by atoms with Crippen molar-refractivity contribution in [2.45, 2.75) is 32.2 Å². The van der Waals surface area contributed by atoms with Gasteiger partial charge in [-0.15, -0.1) is 0 Å². The van der Waals surface area contributed by atoms with Gasteiger partial charge in [-0.3, -0.25) is 4.79 Å². The van der Waals surface area contributed by atoms with E-state index in [1.54, 1.807) is 25.1 Å². The molecule has 1 aromatic rings. The van der Waals surface area contributed by atoms with Crippen LogP contribution in [0.25, 0.3) is 0 Å². The molecule has 1 saturated heterocycles. The average Bonchev–Trinajstić information content (AvgIpc) is 2.42. The Bertz CT molecular complexity index is 477. The highest BCUT2D eigenvalue weighted by Gasteiger charge is 2.31. The summed E-state index contributed by atoms with van der Waals surface area (Å²) < 4.78 is 0. The molecule has 1 aromatic carbocycles. The zero-order chi connectivity index (χ0) is 14.0. The van der Waals surface area contributed by atoms with Gasteiger partial charge >= 0.3 is 0 Å². The number of carbonyl (C=O) groups excluding carboxylic acids is 1. The van der Waals surface area contributed by atoms with Crippen molar-refractivity contribution in [1.82, 2.24) is 10.2 Å². The topological polar surface area (TPSA) is 52.6 Å². The quantitative estimate of drug-likeness (QED) is 0.856. The second-order valence-electron chi connectivity index (χ2n) is 5.55. The number of piperidine rings is 1. The normalized spacial score (nSPS) is 18.4. The summed E-state index contributed by atoms with van der Waals surface area (Å²) in [4.78, 5) is 14.3. The first-order valence-corrected chi connectivity index (χ1v) is 6.73. The van der Waals surface area contributed by atoms with Crippen molar-refractivity contribution in [2.24, 2.45) is 0 Å². The Balaban J connectivity index is 2.12. The van der Waals surface area contributed by atoms with E-state index in [2.05, 4.69) is 12.2 Å². The summed E-state index contributed by atoms with van der Waals surface area (Å²) in [6.45, 7) is 5.48. The lowest BCUT2D eigenvalue weighted by Crippen LogP contribution is -2.51. The maximum absolute atomic E-state index is 12.5. The van der Waals surface area contributed by atoms with Crippen molar-refractivity contribution in [1.29, 1.82) is 0 Å². The molecule has 4 nitrogen and oxygen atoms in total. The molecule has 0 bridgehead atoms. The molecule has 1 aliphatic rings. The zero-order valence-corrected chi connectivity index (χ0v) is 11.9. The SMILES string of the molecule is CNC1(C)CCN(C(=O)c2cccc(O)c2C)CC1. The molecule has 0 aromatic heterocycles. The Hall–Kier alpha value is -1.55. The van der Waals surface area contributed by atoms with Crippen molar-refractivity contribution in [3.05, 3.63) is 29.3 Å². The lowest BCUT2D eigenvalue weighted by Gasteiger charge is -2.39. The molecule has 1 amide bonds. The third-order valence-corrected chi connectivity index (χ3v) is 4.29. The summed E-state index contributed by atoms with van der Waals surface area (Å²) in [5.41, 5.74) is 1.40. The van der Waals surface area contributed by atoms with Crippen LogP contribution in [0.2, 0.25) is 0 Å². The van der Waals surface area contributed by atoms with Crippen LogP contribution in [0, 0.1) is 6.92 Å². The monoisotopic (exact) mass is 262 g/mol. The number of likely N-dealkylation sites (tertiary alicyclic amines) is 1. The zero-order valence-electron chi connectivity index (χ0n) is 11.9. The Labute approximate surface area is 114 Å². The number of nitrogens with one attached hydrogen (secondary N) is 1. The van der Waals surface area contributed by atoms with Gasteiger partial charge in [0.2, 0.25) is 0 Å². The maximum atomic E-state index is 12.5. The van der Waals surface area contributed by atoms with Gasteiger partial charge in [-0.2, -0.15) is 0 Å². The molecule has 4 heteroatoms. The smallest absolute Gasteiger partial charge is 0.254 e. The highest BCUT2D eigenvalue weighted by Crippen LogP contribution is 2.25. The number of hydrogen-bond acceptors (Lipinski definition) is 3. The summed E-state index contributed by atoms with van der Waals surface area (Å²) in [7, 11) is 1.97. The third-order valence-electron chi connectivity index (χ3n) is 4.29. The molecule has 1 aliphatic heterocycles. The molecule has 0 atom stereocenters. The van der Waals surface area contributed by atoms with Crippen molar-refractivity contribution >= 4 is 5.91 Å². The van der Waals surface area contributed by atoms with Crippen LogP contribution in [0.5, 0.6) is 5.75 Å². The summed E-state index contributed by atoms with van der Waals surface area (Å²) in [5.74, 6) is 0.203. The molecular weight excluding hydrogens is 240 g/mol. The van der Waals surface area contributed by atoms with E-state index in [4.69, 9.17) is 0 Å². The van der Waals surface area contributed by atoms with Gasteiger partial charge in [-0.25, -0.2) is 0 Å². The van der Waals surface area contributed by atoms with Crippen LogP contribution >= 0.6 is 0 Å². The molecule has 2 N–H and O–H groups in total. The van der Waals surface area contributed by atoms with Crippen molar-refractivity contribution in [3.8, 4) is 5.75 Å². The van der Waals surface area contributed by atoms with Gasteiger partial charge in [-0.05, 0) is 45.9 Å². The van der Waals surface area contributed by atoms with Crippen LogP contribution in [-0.4, -0.2) is 41.6 Å². The summed E-state index contributed by atoms with van der Waals surface area (Å²) in [6.07, 6.45) is 1.90. The van der Waals surface area contributed by atoms with Crippen molar-refractivity contribution in [2.75, 3.05) is 20.1 Å². The number of benzene rings is 1. The number of aromatic hydroxyl groups is 1. The van der Waals surface area contributed by atoms with E-state index in [9.17, 15) is 9.90 Å². The lowest BCUT2D eigenvalue weighted by atomic mass is 9.89. The molecule has 19 heavy (non-hydrogen) atoms. The summed E-state index contributed by atoms with van der Waals surface area (Å²) in [5, 5.41) is 13.0. The fraction of sp³-hybridized carbons (Fsp3) is 0.533. The Morgan fingerprint density at radius 1 is 1.37 bits per heavy atom. The van der Waals surface area contributed by atoms with E-state index in [0.29, 0.717) is 11.1 Å². The summed E-state index contributed by atoms with van der Waals surface area (Å²) >= 11 is 0. The van der Waals surface area contributed by atoms with Crippen molar-refractivity contribution in [3.63, 3.8) is 0 Å². The predicted octanol–water partition coefficient (Wildman–Crippen LogP) is 1.91. The van der Waals surface area contributed by atoms with E-state index in [1.807, 2.05) is 11.9 Å². The molecule has 0 radical (unpaired) electrons. The molecular formula is C15H22N2O2. The minimum atomic E-state index is 0.0200. The van der Waals surface area contributed by atoms with Gasteiger partial charge in [0, 0.05) is 29.8 Å². The molecule has 0 aliphatic carbocycles. The predicted molar refractivity (Wildman–Crippen MR) is 75.4 cm³/mol. The molecule has 0 saturated carbocycles. The first-order valence-electron chi connectivity index (χ1n) is 6.73. The average molecular weight is 262 g/mol. The number of phenols is 1. The van der Waals surface area contributed by atoms with Crippen LogP contribution in [0.15, 0.2) is 18.2 Å². The minimum Gasteiger partial charge on any atom is -0.508 e. The number of phenolic OH excluding ortho intramolecular Hbond substituents is 1. The molecule has 2 rings (SSSR count). The highest BCUT2D eigenvalue weighted by atomic mass is 16.3. The van der Waals surface area contributed by atoms with E-state index in [-0.39, 0.29) is 17.2 Å². The van der Waals surface area contributed by atoms with E-state index in [0.717, 1.165) is 25.9 Å². The number of nitrogens with zero attached hydrogens (tertiary/aromatic N) is 1. The number of carbonyl (C=O) groups is 1. The molecule has 104 valence electrons. The van der Waals surface area contributed by atoms with Crippen LogP contribution in [0.4, 0.5) is 0 Å². The number of rotatable bonds is 2. The van der Waals surface area contributed by atoms with E-state index < -0.39 is 0 Å². The molecule has 0 unspecified atom stereocenters. The van der Waals surface area contributed by atoms with Crippen LogP contribution < -0.4 is 5.32 Å². The second kappa shape index (κ2) is 5.21. The molecule has 1 heterocycles. The maximum Gasteiger partial charge on any atom is 0.254 e. The van der Waals surface area contributed by atoms with E-state index >= 15 is 0 Å². The number of amides is 1. The fourth-order valence-corrected chi connectivity index (χ4v) is 2.48. The largest absolute Gasteiger partial charge is 0.508 e. The first-order chi connectivity index (χ1) is 8.97. The van der Waals surface area contributed by atoms with Crippen LogP contribution in [0.3, 0.4) is 0 Å². The van der Waals surface area contributed by atoms with E-state index in [1.165, 1.54) is 0 Å². The van der Waals surface area contributed by atoms with Crippen LogP contribution in [0.1, 0.15) is 35.7 Å². The van der Waals surface area contributed by atoms with Gasteiger partial charge in [0.25, 0.3) is 5.91 Å². The highest BCUT2D eigenvalue weighted by molar-refractivity contribution is 5.96. The van der Waals surface area contributed by atoms with Crippen molar-refractivity contribution < 1.29 is 9.90 Å². The number of hydrogen-bond donors (Lipinski definition) is 2. The third kappa shape index (κ3) is 2.73. The molecule has 0 spiro atoms. The second-order valence-corrected chi connectivity index (χ2v) is 5.55. The molecule has 1 fully saturated rings. The van der Waals surface area contributed by atoms with Gasteiger partial charge < -0.3 is 15.3 Å². The lowest BCUT2D eigenvalue weighted by molar-refractivity contribution is 0.0660. The van der Waals surface area contributed by atoms with Gasteiger partial charge in [0.15, 0.2) is 0 Å². The first kappa shape index (κ1) is 13.9.